The minimum absolute atomic E-state index is 0.105. The number of amides is 3. The third-order valence-electron chi connectivity index (χ3n) is 4.62. The van der Waals surface area contributed by atoms with Crippen LogP contribution in [0.5, 0.6) is 0 Å². The molecule has 30 heavy (non-hydrogen) atoms. The molecule has 152 valence electrons. The van der Waals surface area contributed by atoms with Gasteiger partial charge >= 0.3 is 6.03 Å². The summed E-state index contributed by atoms with van der Waals surface area (Å²) in [7, 11) is -4.12. The Hall–Kier alpha value is -3.72. The number of sulfonamides is 1. The maximum atomic E-state index is 13.1. The SMILES string of the molecule is O=C(NCc1cccnc1)c1ccc2c(c1)S(=O)(=O)N(Cc1ccccc1)C(=O)N2. The van der Waals surface area contributed by atoms with Crippen molar-refractivity contribution >= 4 is 27.6 Å². The number of anilines is 1. The number of urea groups is 1. The lowest BCUT2D eigenvalue weighted by Gasteiger charge is -2.29. The maximum absolute atomic E-state index is 13.1. The van der Waals surface area contributed by atoms with Crippen LogP contribution in [0.1, 0.15) is 21.5 Å². The molecular formula is C21H18N4O4S. The molecule has 4 rings (SSSR count). The van der Waals surface area contributed by atoms with Gasteiger partial charge in [0, 0.05) is 24.5 Å². The Morgan fingerprint density at radius 3 is 2.53 bits per heavy atom. The number of fused-ring (bicyclic) bond motifs is 1. The Labute approximate surface area is 173 Å². The first kappa shape index (κ1) is 19.6. The molecule has 0 saturated carbocycles. The molecule has 1 aromatic heterocycles. The van der Waals surface area contributed by atoms with Crippen LogP contribution in [0, 0.1) is 0 Å². The smallest absolute Gasteiger partial charge is 0.336 e. The van der Waals surface area contributed by atoms with E-state index in [1.54, 1.807) is 48.8 Å². The van der Waals surface area contributed by atoms with Crippen LogP contribution in [0.2, 0.25) is 0 Å². The van der Waals surface area contributed by atoms with Crippen molar-refractivity contribution in [1.82, 2.24) is 14.6 Å². The lowest BCUT2D eigenvalue weighted by atomic mass is 10.2. The van der Waals surface area contributed by atoms with E-state index in [9.17, 15) is 18.0 Å². The Balaban J connectivity index is 1.59. The standard InChI is InChI=1S/C21H18N4O4S/c26-20(23-13-16-7-4-10-22-12-16)17-8-9-18-19(11-17)30(28,29)25(21(27)24-18)14-15-5-2-1-3-6-15/h1-12H,13-14H2,(H,23,26)(H,24,27). The summed E-state index contributed by atoms with van der Waals surface area (Å²) >= 11 is 0. The summed E-state index contributed by atoms with van der Waals surface area (Å²) in [6.07, 6.45) is 3.27. The van der Waals surface area contributed by atoms with Crippen molar-refractivity contribution in [1.29, 1.82) is 0 Å². The molecule has 8 nitrogen and oxygen atoms in total. The average molecular weight is 422 g/mol. The molecule has 0 spiro atoms. The highest BCUT2D eigenvalue weighted by Gasteiger charge is 2.37. The number of benzene rings is 2. The van der Waals surface area contributed by atoms with Crippen LogP contribution < -0.4 is 10.6 Å². The van der Waals surface area contributed by atoms with Crippen LogP contribution in [0.15, 0.2) is 78.0 Å². The number of hydrogen-bond acceptors (Lipinski definition) is 5. The zero-order valence-corrected chi connectivity index (χ0v) is 16.6. The number of aromatic nitrogens is 1. The topological polar surface area (TPSA) is 108 Å². The van der Waals surface area contributed by atoms with Gasteiger partial charge in [-0.2, -0.15) is 0 Å². The first-order valence-corrected chi connectivity index (χ1v) is 10.6. The van der Waals surface area contributed by atoms with Gasteiger partial charge in [0.05, 0.1) is 12.2 Å². The number of rotatable bonds is 5. The molecule has 2 aromatic carbocycles. The van der Waals surface area contributed by atoms with E-state index in [4.69, 9.17) is 0 Å². The van der Waals surface area contributed by atoms with Crippen LogP contribution in [0.25, 0.3) is 0 Å². The van der Waals surface area contributed by atoms with E-state index in [-0.39, 0.29) is 29.2 Å². The zero-order chi connectivity index (χ0) is 21.1. The molecular weight excluding hydrogens is 404 g/mol. The Morgan fingerprint density at radius 2 is 1.80 bits per heavy atom. The Bertz CT molecular complexity index is 1200. The van der Waals surface area contributed by atoms with E-state index < -0.39 is 22.0 Å². The van der Waals surface area contributed by atoms with Crippen LogP contribution >= 0.6 is 0 Å². The van der Waals surface area contributed by atoms with Gasteiger partial charge in [-0.15, -0.1) is 0 Å². The van der Waals surface area contributed by atoms with Crippen molar-refractivity contribution in [2.24, 2.45) is 0 Å². The summed E-state index contributed by atoms with van der Waals surface area (Å²) in [5, 5.41) is 5.31. The van der Waals surface area contributed by atoms with E-state index >= 15 is 0 Å². The van der Waals surface area contributed by atoms with Crippen molar-refractivity contribution in [3.63, 3.8) is 0 Å². The Morgan fingerprint density at radius 1 is 1.03 bits per heavy atom. The lowest BCUT2D eigenvalue weighted by molar-refractivity contribution is 0.0950. The highest BCUT2D eigenvalue weighted by molar-refractivity contribution is 7.90. The molecule has 0 bridgehead atoms. The van der Waals surface area contributed by atoms with Gasteiger partial charge in [-0.25, -0.2) is 17.5 Å². The summed E-state index contributed by atoms with van der Waals surface area (Å²) in [4.78, 5) is 28.8. The fourth-order valence-corrected chi connectivity index (χ4v) is 4.57. The quantitative estimate of drug-likeness (QED) is 0.657. The van der Waals surface area contributed by atoms with E-state index in [2.05, 4.69) is 15.6 Å². The third kappa shape index (κ3) is 3.87. The minimum Gasteiger partial charge on any atom is -0.348 e. The second-order valence-electron chi connectivity index (χ2n) is 6.68. The highest BCUT2D eigenvalue weighted by atomic mass is 32.2. The first-order valence-electron chi connectivity index (χ1n) is 9.14. The predicted molar refractivity (Wildman–Crippen MR) is 110 cm³/mol. The molecule has 1 aliphatic heterocycles. The number of hydrogen-bond donors (Lipinski definition) is 2. The molecule has 0 radical (unpaired) electrons. The molecule has 2 heterocycles. The second kappa shape index (κ2) is 7.96. The molecule has 0 unspecified atom stereocenters. The third-order valence-corrected chi connectivity index (χ3v) is 6.39. The summed E-state index contributed by atoms with van der Waals surface area (Å²) < 4.78 is 27.0. The Kier molecular flexibility index (Phi) is 5.20. The van der Waals surface area contributed by atoms with Crippen molar-refractivity contribution in [2.45, 2.75) is 18.0 Å². The fourth-order valence-electron chi connectivity index (χ4n) is 3.08. The molecule has 2 N–H and O–H groups in total. The van der Waals surface area contributed by atoms with Gasteiger partial charge in [0.2, 0.25) is 0 Å². The monoisotopic (exact) mass is 422 g/mol. The van der Waals surface area contributed by atoms with Gasteiger partial charge in [-0.3, -0.25) is 9.78 Å². The summed E-state index contributed by atoms with van der Waals surface area (Å²) in [5.74, 6) is -0.427. The molecule has 9 heteroatoms. The molecule has 0 fully saturated rings. The molecule has 3 amide bonds. The lowest BCUT2D eigenvalue weighted by Crippen LogP contribution is -2.43. The zero-order valence-electron chi connectivity index (χ0n) is 15.8. The van der Waals surface area contributed by atoms with Crippen molar-refractivity contribution in [3.05, 3.63) is 89.7 Å². The van der Waals surface area contributed by atoms with Crippen LogP contribution in [0.4, 0.5) is 10.5 Å². The minimum atomic E-state index is -4.12. The number of pyridine rings is 1. The fraction of sp³-hybridized carbons (Fsp3) is 0.0952. The van der Waals surface area contributed by atoms with Gasteiger partial charge in [0.1, 0.15) is 4.90 Å². The predicted octanol–water partition coefficient (Wildman–Crippen LogP) is 2.75. The van der Waals surface area contributed by atoms with Crippen LogP contribution in [-0.2, 0) is 23.1 Å². The van der Waals surface area contributed by atoms with Crippen molar-refractivity contribution in [3.8, 4) is 0 Å². The van der Waals surface area contributed by atoms with Gasteiger partial charge in [-0.1, -0.05) is 36.4 Å². The maximum Gasteiger partial charge on any atom is 0.336 e. The van der Waals surface area contributed by atoms with E-state index in [0.29, 0.717) is 5.56 Å². The number of nitrogens with zero attached hydrogens (tertiary/aromatic N) is 2. The van der Waals surface area contributed by atoms with Crippen LogP contribution in [-0.4, -0.2) is 29.6 Å². The molecule has 3 aromatic rings. The van der Waals surface area contributed by atoms with Crippen molar-refractivity contribution in [2.75, 3.05) is 5.32 Å². The first-order chi connectivity index (χ1) is 14.4. The largest absolute Gasteiger partial charge is 0.348 e. The number of nitrogens with one attached hydrogen (secondary N) is 2. The van der Waals surface area contributed by atoms with E-state index in [1.807, 2.05) is 6.07 Å². The summed E-state index contributed by atoms with van der Waals surface area (Å²) in [5.41, 5.74) is 1.81. The average Bonchev–Trinajstić information content (AvgIpc) is 2.76. The van der Waals surface area contributed by atoms with Crippen LogP contribution in [0.3, 0.4) is 0 Å². The summed E-state index contributed by atoms with van der Waals surface area (Å²) in [6, 6.07) is 15.8. The molecule has 0 atom stereocenters. The number of carbonyl (C=O) groups excluding carboxylic acids is 2. The molecule has 0 saturated heterocycles. The highest BCUT2D eigenvalue weighted by Crippen LogP contribution is 2.32. The van der Waals surface area contributed by atoms with Gasteiger partial charge < -0.3 is 10.6 Å². The van der Waals surface area contributed by atoms with E-state index in [1.165, 1.54) is 18.2 Å². The van der Waals surface area contributed by atoms with Crippen molar-refractivity contribution < 1.29 is 18.0 Å². The molecule has 1 aliphatic rings. The van der Waals surface area contributed by atoms with Gasteiger partial charge in [-0.05, 0) is 35.4 Å². The van der Waals surface area contributed by atoms with E-state index in [0.717, 1.165) is 9.87 Å². The molecule has 0 aliphatic carbocycles. The normalized spacial score (nSPS) is 14.5. The summed E-state index contributed by atoms with van der Waals surface area (Å²) in [6.45, 7) is 0.152. The number of carbonyl (C=O) groups is 2. The van der Waals surface area contributed by atoms with Gasteiger partial charge in [0.25, 0.3) is 15.9 Å². The second-order valence-corrected chi connectivity index (χ2v) is 8.51. The van der Waals surface area contributed by atoms with Gasteiger partial charge in [0.15, 0.2) is 0 Å².